The molecule has 2 aromatic carbocycles. The summed E-state index contributed by atoms with van der Waals surface area (Å²) in [6.07, 6.45) is 1.80. The van der Waals surface area contributed by atoms with Gasteiger partial charge >= 0.3 is 0 Å². The van der Waals surface area contributed by atoms with E-state index in [0.29, 0.717) is 22.9 Å². The van der Waals surface area contributed by atoms with Crippen molar-refractivity contribution in [1.82, 2.24) is 4.57 Å². The molecule has 0 atom stereocenters. The standard InChI is InChI=1S/C21H19ClN2O2/c1-14-5-6-16(12-15(14)2)13-24-11-3-4-19(24)20(25)21(26)23-18-9-7-17(22)8-10-18/h3-12H,13H2,1-2H3,(H,23,26). The maximum atomic E-state index is 12.6. The van der Waals surface area contributed by atoms with Gasteiger partial charge in [-0.05, 0) is 66.9 Å². The number of Topliss-reactive ketones (excluding diaryl/α,β-unsaturated/α-hetero) is 1. The minimum Gasteiger partial charge on any atom is -0.340 e. The Balaban J connectivity index is 1.76. The van der Waals surface area contributed by atoms with Crippen LogP contribution < -0.4 is 5.32 Å². The van der Waals surface area contributed by atoms with Gasteiger partial charge in [0.1, 0.15) is 0 Å². The maximum absolute atomic E-state index is 12.6. The summed E-state index contributed by atoms with van der Waals surface area (Å²) in [5.41, 5.74) is 4.38. The number of amides is 1. The Hall–Kier alpha value is -2.85. The summed E-state index contributed by atoms with van der Waals surface area (Å²) in [6.45, 7) is 4.65. The molecule has 0 radical (unpaired) electrons. The average Bonchev–Trinajstić information content (AvgIpc) is 3.07. The number of rotatable bonds is 5. The molecule has 5 heteroatoms. The molecular formula is C21H19ClN2O2. The molecule has 0 fully saturated rings. The van der Waals surface area contributed by atoms with E-state index in [1.165, 1.54) is 11.1 Å². The van der Waals surface area contributed by atoms with Gasteiger partial charge in [-0.2, -0.15) is 0 Å². The Kier molecular flexibility index (Phi) is 5.24. The van der Waals surface area contributed by atoms with E-state index in [2.05, 4.69) is 31.3 Å². The molecule has 26 heavy (non-hydrogen) atoms. The number of hydrogen-bond donors (Lipinski definition) is 1. The molecule has 0 aliphatic carbocycles. The quantitative estimate of drug-likeness (QED) is 0.528. The van der Waals surface area contributed by atoms with Crippen molar-refractivity contribution in [3.05, 3.63) is 88.2 Å². The highest BCUT2D eigenvalue weighted by Crippen LogP contribution is 2.16. The fourth-order valence-corrected chi connectivity index (χ4v) is 2.82. The summed E-state index contributed by atoms with van der Waals surface area (Å²) in [7, 11) is 0. The van der Waals surface area contributed by atoms with E-state index in [9.17, 15) is 9.59 Å². The number of carbonyl (C=O) groups is 2. The van der Waals surface area contributed by atoms with Crippen LogP contribution in [0.4, 0.5) is 5.69 Å². The highest BCUT2D eigenvalue weighted by Gasteiger charge is 2.20. The largest absolute Gasteiger partial charge is 0.340 e. The molecule has 1 aromatic heterocycles. The number of nitrogens with one attached hydrogen (secondary N) is 1. The SMILES string of the molecule is Cc1ccc(Cn2cccc2C(=O)C(=O)Nc2ccc(Cl)cc2)cc1C. The van der Waals surface area contributed by atoms with Crippen molar-refractivity contribution >= 4 is 29.0 Å². The molecule has 1 heterocycles. The van der Waals surface area contributed by atoms with Crippen molar-refractivity contribution in [3.63, 3.8) is 0 Å². The van der Waals surface area contributed by atoms with Gasteiger partial charge in [-0.15, -0.1) is 0 Å². The van der Waals surface area contributed by atoms with Crippen LogP contribution >= 0.6 is 11.6 Å². The van der Waals surface area contributed by atoms with E-state index in [0.717, 1.165) is 5.56 Å². The summed E-state index contributed by atoms with van der Waals surface area (Å²) >= 11 is 5.83. The molecule has 0 unspecified atom stereocenters. The zero-order chi connectivity index (χ0) is 18.7. The van der Waals surface area contributed by atoms with Gasteiger partial charge in [0.05, 0.1) is 5.69 Å². The van der Waals surface area contributed by atoms with Crippen LogP contribution in [0.5, 0.6) is 0 Å². The first kappa shape index (κ1) is 18.0. The number of halogens is 1. The Morgan fingerprint density at radius 3 is 2.42 bits per heavy atom. The molecule has 1 N–H and O–H groups in total. The van der Waals surface area contributed by atoms with Crippen molar-refractivity contribution in [3.8, 4) is 0 Å². The third-order valence-corrected chi connectivity index (χ3v) is 4.55. The number of anilines is 1. The van der Waals surface area contributed by atoms with Gasteiger partial charge in [0.15, 0.2) is 0 Å². The molecule has 0 aliphatic heterocycles. The highest BCUT2D eigenvalue weighted by molar-refractivity contribution is 6.46. The van der Waals surface area contributed by atoms with E-state index in [1.54, 1.807) is 47.2 Å². The summed E-state index contributed by atoms with van der Waals surface area (Å²) in [5, 5.41) is 3.17. The third kappa shape index (κ3) is 4.03. The number of hydrogen-bond acceptors (Lipinski definition) is 2. The Bertz CT molecular complexity index is 958. The van der Waals surface area contributed by atoms with E-state index in [1.807, 2.05) is 6.07 Å². The molecule has 1 amide bonds. The minimum absolute atomic E-state index is 0.356. The minimum atomic E-state index is -0.674. The summed E-state index contributed by atoms with van der Waals surface area (Å²) in [6, 6.07) is 16.2. The van der Waals surface area contributed by atoms with Gasteiger partial charge in [-0.1, -0.05) is 29.8 Å². The fourth-order valence-electron chi connectivity index (χ4n) is 2.69. The Labute approximate surface area is 157 Å². The molecule has 3 aromatic rings. The summed E-state index contributed by atoms with van der Waals surface area (Å²) in [5.74, 6) is -1.25. The molecule has 0 spiro atoms. The zero-order valence-corrected chi connectivity index (χ0v) is 15.4. The first-order valence-electron chi connectivity index (χ1n) is 8.26. The van der Waals surface area contributed by atoms with E-state index >= 15 is 0 Å². The monoisotopic (exact) mass is 366 g/mol. The first-order valence-corrected chi connectivity index (χ1v) is 8.64. The van der Waals surface area contributed by atoms with Crippen LogP contribution in [-0.4, -0.2) is 16.3 Å². The second-order valence-corrected chi connectivity index (χ2v) is 6.67. The second-order valence-electron chi connectivity index (χ2n) is 6.23. The highest BCUT2D eigenvalue weighted by atomic mass is 35.5. The fraction of sp³-hybridized carbons (Fsp3) is 0.143. The lowest BCUT2D eigenvalue weighted by Gasteiger charge is -2.10. The van der Waals surface area contributed by atoms with Crippen LogP contribution in [-0.2, 0) is 11.3 Å². The van der Waals surface area contributed by atoms with E-state index in [-0.39, 0.29) is 0 Å². The van der Waals surface area contributed by atoms with Crippen LogP contribution in [0.1, 0.15) is 27.2 Å². The lowest BCUT2D eigenvalue weighted by Crippen LogP contribution is -2.25. The predicted octanol–water partition coefficient (Wildman–Crippen LogP) is 4.63. The van der Waals surface area contributed by atoms with Crippen LogP contribution in [0.25, 0.3) is 0 Å². The maximum Gasteiger partial charge on any atom is 0.298 e. The Morgan fingerprint density at radius 1 is 1.00 bits per heavy atom. The van der Waals surface area contributed by atoms with Crippen LogP contribution in [0.3, 0.4) is 0 Å². The lowest BCUT2D eigenvalue weighted by molar-refractivity contribution is -0.112. The number of aromatic nitrogens is 1. The molecular weight excluding hydrogens is 348 g/mol. The van der Waals surface area contributed by atoms with Crippen molar-refractivity contribution in [2.75, 3.05) is 5.32 Å². The van der Waals surface area contributed by atoms with Gasteiger partial charge < -0.3 is 9.88 Å². The van der Waals surface area contributed by atoms with Gasteiger partial charge in [0.25, 0.3) is 11.7 Å². The van der Waals surface area contributed by atoms with Crippen LogP contribution in [0.15, 0.2) is 60.8 Å². The number of benzene rings is 2. The van der Waals surface area contributed by atoms with Gasteiger partial charge in [-0.3, -0.25) is 9.59 Å². The van der Waals surface area contributed by atoms with Gasteiger partial charge in [0, 0.05) is 23.5 Å². The predicted molar refractivity (Wildman–Crippen MR) is 104 cm³/mol. The number of nitrogens with zero attached hydrogens (tertiary/aromatic N) is 1. The second kappa shape index (κ2) is 7.58. The zero-order valence-electron chi connectivity index (χ0n) is 14.6. The normalized spacial score (nSPS) is 10.6. The van der Waals surface area contributed by atoms with Crippen LogP contribution in [0.2, 0.25) is 5.02 Å². The number of carbonyl (C=O) groups excluding carboxylic acids is 2. The van der Waals surface area contributed by atoms with Gasteiger partial charge in [0.2, 0.25) is 0 Å². The third-order valence-electron chi connectivity index (χ3n) is 4.29. The number of aryl methyl sites for hydroxylation is 2. The smallest absolute Gasteiger partial charge is 0.298 e. The van der Waals surface area contributed by atoms with E-state index in [4.69, 9.17) is 11.6 Å². The molecule has 0 aliphatic rings. The molecule has 0 saturated heterocycles. The summed E-state index contributed by atoms with van der Waals surface area (Å²) < 4.78 is 1.79. The summed E-state index contributed by atoms with van der Waals surface area (Å²) in [4.78, 5) is 24.8. The van der Waals surface area contributed by atoms with Crippen molar-refractivity contribution in [2.24, 2.45) is 0 Å². The van der Waals surface area contributed by atoms with Crippen molar-refractivity contribution in [2.45, 2.75) is 20.4 Å². The number of ketones is 1. The molecule has 4 nitrogen and oxygen atoms in total. The lowest BCUT2D eigenvalue weighted by atomic mass is 10.1. The topological polar surface area (TPSA) is 51.1 Å². The van der Waals surface area contributed by atoms with Gasteiger partial charge in [-0.25, -0.2) is 0 Å². The van der Waals surface area contributed by atoms with Crippen molar-refractivity contribution < 1.29 is 9.59 Å². The average molecular weight is 367 g/mol. The molecule has 132 valence electrons. The Morgan fingerprint density at radius 2 is 1.73 bits per heavy atom. The van der Waals surface area contributed by atoms with E-state index < -0.39 is 11.7 Å². The first-order chi connectivity index (χ1) is 12.4. The molecule has 0 saturated carbocycles. The molecule has 0 bridgehead atoms. The molecule has 3 rings (SSSR count). The van der Waals surface area contributed by atoms with Crippen molar-refractivity contribution in [1.29, 1.82) is 0 Å². The van der Waals surface area contributed by atoms with Crippen LogP contribution in [0, 0.1) is 13.8 Å².